The van der Waals surface area contributed by atoms with Crippen LogP contribution in [0.5, 0.6) is 0 Å². The van der Waals surface area contributed by atoms with Crippen LogP contribution in [0.4, 0.5) is 0 Å². The maximum atomic E-state index is 11.8. The fraction of sp³-hybridized carbons (Fsp3) is 0.750. The fourth-order valence-electron chi connectivity index (χ4n) is 2.61. The van der Waals surface area contributed by atoms with Gasteiger partial charge in [-0.3, -0.25) is 9.59 Å². The second-order valence-electron chi connectivity index (χ2n) is 5.49. The van der Waals surface area contributed by atoms with Crippen LogP contribution in [0.3, 0.4) is 0 Å². The summed E-state index contributed by atoms with van der Waals surface area (Å²) in [6.07, 6.45) is 6.91. The van der Waals surface area contributed by atoms with E-state index in [1.807, 2.05) is 13.0 Å². The smallest absolute Gasteiger partial charge is 0.306 e. The minimum atomic E-state index is -0.713. The number of aliphatic hydroxyl groups is 1. The second kappa shape index (κ2) is 9.68. The van der Waals surface area contributed by atoms with Crippen LogP contribution in [0.25, 0.3) is 0 Å². The molecule has 21 heavy (non-hydrogen) atoms. The van der Waals surface area contributed by atoms with Crippen molar-refractivity contribution in [3.05, 3.63) is 11.6 Å². The van der Waals surface area contributed by atoms with Crippen LogP contribution in [0.1, 0.15) is 51.9 Å². The van der Waals surface area contributed by atoms with E-state index in [0.29, 0.717) is 19.3 Å². The van der Waals surface area contributed by atoms with Gasteiger partial charge in [-0.15, -0.1) is 0 Å². The molecule has 0 bridgehead atoms. The third-order valence-corrected chi connectivity index (χ3v) is 3.90. The molecule has 1 aliphatic carbocycles. The Morgan fingerprint density at radius 3 is 2.81 bits per heavy atom. The predicted molar refractivity (Wildman–Crippen MR) is 79.0 cm³/mol. The lowest BCUT2D eigenvalue weighted by atomic mass is 9.97. The number of ether oxygens (including phenoxy) is 1. The lowest BCUT2D eigenvalue weighted by molar-refractivity contribution is -0.142. The average molecular weight is 298 g/mol. The van der Waals surface area contributed by atoms with Gasteiger partial charge in [0.1, 0.15) is 0 Å². The molecule has 1 aliphatic rings. The summed E-state index contributed by atoms with van der Waals surface area (Å²) in [5, 5.41) is 17.6. The highest BCUT2D eigenvalue weighted by Crippen LogP contribution is 2.23. The summed E-state index contributed by atoms with van der Waals surface area (Å²) in [7, 11) is 0. The third kappa shape index (κ3) is 6.40. The first-order valence-electron chi connectivity index (χ1n) is 7.77. The second-order valence-corrected chi connectivity index (χ2v) is 5.49. The zero-order valence-corrected chi connectivity index (χ0v) is 12.7. The number of hydrogen-bond donors (Lipinski definition) is 2. The number of carboxylic acids is 1. The van der Waals surface area contributed by atoms with Crippen LogP contribution in [0.2, 0.25) is 0 Å². The first-order valence-corrected chi connectivity index (χ1v) is 7.77. The van der Waals surface area contributed by atoms with Crippen molar-refractivity contribution in [2.75, 3.05) is 13.2 Å². The minimum absolute atomic E-state index is 0.0317. The van der Waals surface area contributed by atoms with Crippen LogP contribution < -0.4 is 0 Å². The van der Waals surface area contributed by atoms with Gasteiger partial charge in [0, 0.05) is 6.42 Å². The Balaban J connectivity index is 2.20. The van der Waals surface area contributed by atoms with Gasteiger partial charge in [0.15, 0.2) is 5.78 Å². The minimum Gasteiger partial charge on any atom is -0.481 e. The first-order chi connectivity index (χ1) is 10.1. The molecule has 0 radical (unpaired) electrons. The number of aliphatic carboxylic acids is 1. The summed E-state index contributed by atoms with van der Waals surface area (Å²) in [4.78, 5) is 22.7. The topological polar surface area (TPSA) is 83.8 Å². The highest BCUT2D eigenvalue weighted by molar-refractivity contribution is 5.98. The Labute approximate surface area is 126 Å². The number of carbonyl (C=O) groups excluding carboxylic acids is 1. The van der Waals surface area contributed by atoms with E-state index in [1.54, 1.807) is 0 Å². The van der Waals surface area contributed by atoms with E-state index in [4.69, 9.17) is 14.9 Å². The number of carboxylic acid groups (broad SMARTS) is 1. The van der Waals surface area contributed by atoms with Crippen molar-refractivity contribution in [1.82, 2.24) is 0 Å². The highest BCUT2D eigenvalue weighted by Gasteiger charge is 2.23. The predicted octanol–water partition coefficient (Wildman–Crippen LogP) is 2.32. The molecule has 2 unspecified atom stereocenters. The molecule has 1 rings (SSSR count). The number of carbonyl (C=O) groups is 2. The fourth-order valence-corrected chi connectivity index (χ4v) is 2.61. The Morgan fingerprint density at radius 2 is 2.19 bits per heavy atom. The molecular weight excluding hydrogens is 272 g/mol. The Bertz CT molecular complexity index is 375. The molecule has 0 spiro atoms. The van der Waals surface area contributed by atoms with E-state index in [-0.39, 0.29) is 31.0 Å². The zero-order valence-electron chi connectivity index (χ0n) is 12.7. The molecular formula is C16H26O5. The van der Waals surface area contributed by atoms with E-state index in [2.05, 4.69) is 0 Å². The Morgan fingerprint density at radius 1 is 1.43 bits per heavy atom. The van der Waals surface area contributed by atoms with Gasteiger partial charge in [-0.2, -0.15) is 0 Å². The van der Waals surface area contributed by atoms with E-state index in [0.717, 1.165) is 31.3 Å². The normalized spacial score (nSPS) is 19.6. The van der Waals surface area contributed by atoms with Crippen LogP contribution in [0.15, 0.2) is 11.6 Å². The van der Waals surface area contributed by atoms with E-state index in [1.165, 1.54) is 0 Å². The SMILES string of the molecule is CCC(CCCCCC1=CC(OCCO)CC1=O)C(=O)O. The first kappa shape index (κ1) is 17.9. The molecule has 0 aromatic heterocycles. The van der Waals surface area contributed by atoms with Crippen molar-refractivity contribution in [2.24, 2.45) is 5.92 Å². The summed E-state index contributed by atoms with van der Waals surface area (Å²) in [6.45, 7) is 2.12. The van der Waals surface area contributed by atoms with E-state index < -0.39 is 5.97 Å². The van der Waals surface area contributed by atoms with Gasteiger partial charge in [-0.05, 0) is 37.3 Å². The maximum Gasteiger partial charge on any atom is 0.306 e. The van der Waals surface area contributed by atoms with Crippen LogP contribution in [-0.4, -0.2) is 41.3 Å². The maximum absolute atomic E-state index is 11.8. The molecule has 5 heteroatoms. The number of allylic oxidation sites excluding steroid dienone is 1. The van der Waals surface area contributed by atoms with Gasteiger partial charge in [0.05, 0.1) is 25.2 Å². The van der Waals surface area contributed by atoms with Crippen molar-refractivity contribution in [1.29, 1.82) is 0 Å². The monoisotopic (exact) mass is 298 g/mol. The largest absolute Gasteiger partial charge is 0.481 e. The van der Waals surface area contributed by atoms with Crippen molar-refractivity contribution in [2.45, 2.75) is 58.0 Å². The van der Waals surface area contributed by atoms with Crippen molar-refractivity contribution in [3.8, 4) is 0 Å². The molecule has 0 aromatic carbocycles. The molecule has 2 atom stereocenters. The summed E-state index contributed by atoms with van der Waals surface area (Å²) >= 11 is 0. The molecule has 0 fully saturated rings. The van der Waals surface area contributed by atoms with Gasteiger partial charge in [0.2, 0.25) is 0 Å². The van der Waals surface area contributed by atoms with E-state index >= 15 is 0 Å². The molecule has 120 valence electrons. The lowest BCUT2D eigenvalue weighted by Gasteiger charge is -2.08. The number of aliphatic hydroxyl groups excluding tert-OH is 1. The third-order valence-electron chi connectivity index (χ3n) is 3.90. The van der Waals surface area contributed by atoms with Crippen molar-refractivity contribution in [3.63, 3.8) is 0 Å². The highest BCUT2D eigenvalue weighted by atomic mass is 16.5. The molecule has 5 nitrogen and oxygen atoms in total. The number of unbranched alkanes of at least 4 members (excludes halogenated alkanes) is 2. The molecule has 0 saturated carbocycles. The summed E-state index contributed by atoms with van der Waals surface area (Å²) in [6, 6.07) is 0. The van der Waals surface area contributed by atoms with Crippen molar-refractivity contribution >= 4 is 11.8 Å². The van der Waals surface area contributed by atoms with E-state index in [9.17, 15) is 9.59 Å². The molecule has 0 aromatic rings. The average Bonchev–Trinajstić information content (AvgIpc) is 2.80. The Hall–Kier alpha value is -1.20. The molecule has 0 amide bonds. The molecule has 0 heterocycles. The van der Waals surface area contributed by atoms with Crippen LogP contribution in [-0.2, 0) is 14.3 Å². The van der Waals surface area contributed by atoms with Crippen LogP contribution in [0, 0.1) is 5.92 Å². The molecule has 0 aliphatic heterocycles. The molecule has 2 N–H and O–H groups in total. The zero-order chi connectivity index (χ0) is 15.7. The lowest BCUT2D eigenvalue weighted by Crippen LogP contribution is -2.12. The van der Waals surface area contributed by atoms with Crippen LogP contribution >= 0.6 is 0 Å². The van der Waals surface area contributed by atoms with Gasteiger partial charge < -0.3 is 14.9 Å². The van der Waals surface area contributed by atoms with Gasteiger partial charge >= 0.3 is 5.97 Å². The number of Topliss-reactive ketones (excluding diaryl/α,β-unsaturated/α-hetero) is 1. The van der Waals surface area contributed by atoms with Crippen molar-refractivity contribution < 1.29 is 24.5 Å². The summed E-state index contributed by atoms with van der Waals surface area (Å²) in [5.41, 5.74) is 0.822. The van der Waals surface area contributed by atoms with Gasteiger partial charge in [-0.25, -0.2) is 0 Å². The van der Waals surface area contributed by atoms with Gasteiger partial charge in [0.25, 0.3) is 0 Å². The number of hydrogen-bond acceptors (Lipinski definition) is 4. The Kier molecular flexibility index (Phi) is 8.23. The summed E-state index contributed by atoms with van der Waals surface area (Å²) < 4.78 is 5.34. The number of ketones is 1. The standard InChI is InChI=1S/C16H26O5/c1-2-12(16(19)20)6-4-3-5-7-13-10-14(11-15(13)18)21-9-8-17/h10,12,14,17H,2-9,11H2,1H3,(H,19,20). The van der Waals surface area contributed by atoms with Gasteiger partial charge in [-0.1, -0.05) is 19.8 Å². The molecule has 0 saturated heterocycles. The number of rotatable bonds is 11. The quantitative estimate of drug-likeness (QED) is 0.572. The summed E-state index contributed by atoms with van der Waals surface area (Å²) in [5.74, 6) is -0.821.